The van der Waals surface area contributed by atoms with E-state index in [2.05, 4.69) is 9.84 Å². The summed E-state index contributed by atoms with van der Waals surface area (Å²) < 4.78 is 57.9. The van der Waals surface area contributed by atoms with E-state index in [1.165, 1.54) is 6.92 Å². The highest BCUT2D eigenvalue weighted by Crippen LogP contribution is 2.52. The predicted molar refractivity (Wildman–Crippen MR) is 140 cm³/mol. The van der Waals surface area contributed by atoms with Gasteiger partial charge in [0.1, 0.15) is 30.2 Å². The molecule has 3 aliphatic rings. The van der Waals surface area contributed by atoms with Crippen molar-refractivity contribution in [3.05, 3.63) is 0 Å². The number of nitrogens with one attached hydrogen (secondary N) is 1. The first-order chi connectivity index (χ1) is 18.7. The Morgan fingerprint density at radius 3 is 2.52 bits per heavy atom. The number of aliphatic hydroxyl groups excluding tert-OH is 1. The van der Waals surface area contributed by atoms with Crippen molar-refractivity contribution in [2.24, 2.45) is 17.8 Å². The lowest BCUT2D eigenvalue weighted by molar-refractivity contribution is -0.122. The maximum Gasteiger partial charge on any atom is 0.472 e. The van der Waals surface area contributed by atoms with Crippen LogP contribution >= 0.6 is 15.6 Å². The van der Waals surface area contributed by atoms with Crippen molar-refractivity contribution >= 4 is 27.3 Å². The number of amides is 1. The van der Waals surface area contributed by atoms with E-state index in [0.29, 0.717) is 32.2 Å². The fraction of sp³-hybridized carbons (Fsp3) is 0.917. The predicted octanol–water partition coefficient (Wildman–Crippen LogP) is 2.10. The number of hydrogen-bond donors (Lipinski definition) is 4. The summed E-state index contributed by atoms with van der Waals surface area (Å²) in [6.07, 6.45) is -2.69. The Hall–Kier alpha value is -0.760. The number of ketones is 1. The van der Waals surface area contributed by atoms with Crippen LogP contribution in [0.15, 0.2) is 0 Å². The molecule has 3 saturated heterocycles. The molecule has 11 atom stereocenters. The molecule has 5 unspecified atom stereocenters. The van der Waals surface area contributed by atoms with Gasteiger partial charge in [-0.2, -0.15) is 0 Å². The SMILES string of the molecule is COP(=O)(O)OC1[C@H]2COP(=O)(O)OC3[C@@H](CO)O[C@@H](C)[C@H]3CCCNC(=O)CC(CC(C)=O)CC[C@@H]1[C@H](C)O2. The Morgan fingerprint density at radius 2 is 1.88 bits per heavy atom. The molecule has 0 spiro atoms. The summed E-state index contributed by atoms with van der Waals surface area (Å²) in [6, 6.07) is 0. The minimum atomic E-state index is -4.71. The van der Waals surface area contributed by atoms with Crippen molar-refractivity contribution in [2.75, 3.05) is 26.9 Å². The van der Waals surface area contributed by atoms with Crippen molar-refractivity contribution in [3.63, 3.8) is 0 Å². The largest absolute Gasteiger partial charge is 0.472 e. The third-order valence-corrected chi connectivity index (χ3v) is 9.84. The van der Waals surface area contributed by atoms with Gasteiger partial charge in [0.05, 0.1) is 25.4 Å². The number of aliphatic hydroxyl groups is 1. The van der Waals surface area contributed by atoms with Crippen LogP contribution in [-0.4, -0.2) is 90.1 Å². The third-order valence-electron chi connectivity index (χ3n) is 7.88. The molecule has 3 fully saturated rings. The number of phosphoric acid groups is 2. The van der Waals surface area contributed by atoms with Gasteiger partial charge in [-0.3, -0.25) is 22.9 Å². The smallest absolute Gasteiger partial charge is 0.394 e. The van der Waals surface area contributed by atoms with Crippen LogP contribution in [0, 0.1) is 17.8 Å². The molecule has 0 aromatic carbocycles. The topological polar surface area (TPSA) is 196 Å². The monoisotopic (exact) mass is 615 g/mol. The average molecular weight is 616 g/mol. The highest BCUT2D eigenvalue weighted by Gasteiger charge is 2.49. The van der Waals surface area contributed by atoms with Gasteiger partial charge in [0.15, 0.2) is 0 Å². The van der Waals surface area contributed by atoms with E-state index in [1.807, 2.05) is 0 Å². The zero-order valence-electron chi connectivity index (χ0n) is 23.4. The molecule has 1 amide bonds. The summed E-state index contributed by atoms with van der Waals surface area (Å²) in [5.74, 6) is -1.39. The van der Waals surface area contributed by atoms with Crippen LogP contribution in [0.1, 0.15) is 59.3 Å². The van der Waals surface area contributed by atoms with Crippen molar-refractivity contribution in [2.45, 2.75) is 95.9 Å². The summed E-state index contributed by atoms with van der Waals surface area (Å²) in [4.78, 5) is 45.3. The van der Waals surface area contributed by atoms with Crippen molar-refractivity contribution < 1.29 is 61.2 Å². The average Bonchev–Trinajstić information content (AvgIpc) is 3.32. The molecule has 4 N–H and O–H groups in total. The van der Waals surface area contributed by atoms with Crippen molar-refractivity contribution in [1.82, 2.24) is 5.32 Å². The molecule has 3 rings (SSSR count). The zero-order chi connectivity index (χ0) is 29.7. The first kappa shape index (κ1) is 33.7. The number of phosphoric ester groups is 2. The van der Waals surface area contributed by atoms with Gasteiger partial charge in [-0.25, -0.2) is 9.13 Å². The Bertz CT molecular complexity index is 967. The molecule has 14 nitrogen and oxygen atoms in total. The maximum absolute atomic E-state index is 13.0. The molecular weight excluding hydrogens is 572 g/mol. The molecule has 0 aromatic rings. The summed E-state index contributed by atoms with van der Waals surface area (Å²) in [5, 5.41) is 12.7. The Morgan fingerprint density at radius 1 is 1.18 bits per heavy atom. The van der Waals surface area contributed by atoms with E-state index in [4.69, 9.17) is 23.0 Å². The first-order valence-electron chi connectivity index (χ1n) is 13.7. The minimum Gasteiger partial charge on any atom is -0.394 e. The lowest BCUT2D eigenvalue weighted by Crippen LogP contribution is -2.35. The number of hydrogen-bond acceptors (Lipinski definition) is 11. The van der Waals surface area contributed by atoms with E-state index in [-0.39, 0.29) is 36.4 Å². The third kappa shape index (κ3) is 9.37. The van der Waals surface area contributed by atoms with Crippen LogP contribution in [0.4, 0.5) is 0 Å². The van der Waals surface area contributed by atoms with Crippen LogP contribution < -0.4 is 5.32 Å². The van der Waals surface area contributed by atoms with Gasteiger partial charge in [0, 0.05) is 38.3 Å². The first-order valence-corrected chi connectivity index (χ1v) is 16.6. The highest BCUT2D eigenvalue weighted by atomic mass is 31.2. The maximum atomic E-state index is 13.0. The Balaban J connectivity index is 1.88. The van der Waals surface area contributed by atoms with Gasteiger partial charge in [0.25, 0.3) is 0 Å². The number of carbonyl (C=O) groups excluding carboxylic acids is 2. The fourth-order valence-electron chi connectivity index (χ4n) is 5.92. The van der Waals surface area contributed by atoms with Crippen LogP contribution in [0.3, 0.4) is 0 Å². The van der Waals surface area contributed by atoms with E-state index in [9.17, 15) is 33.6 Å². The molecule has 232 valence electrons. The number of ether oxygens (including phenoxy) is 2. The van der Waals surface area contributed by atoms with Crippen LogP contribution in [-0.2, 0) is 46.3 Å². The van der Waals surface area contributed by atoms with E-state index in [1.54, 1.807) is 13.8 Å². The van der Waals surface area contributed by atoms with Gasteiger partial charge < -0.3 is 34.5 Å². The van der Waals surface area contributed by atoms with E-state index in [0.717, 1.165) is 7.11 Å². The minimum absolute atomic E-state index is 0.0626. The standard InChI is InChI=1S/C24H43NO13P2/c1-14(27)10-17-7-8-19-16(3)36-21(24(19)37-39(29,30)33-4)13-34-40(31,32)38-23-18(15(2)35-20(23)12-26)6-5-9-25-22(28)11-17/h15-21,23-24,26H,5-13H2,1-4H3,(H,25,28)(H,29,30)(H,31,32)/t15-,16-,17?,18+,19+,20+,21+,23?,24?/m0/s1. The lowest BCUT2D eigenvalue weighted by atomic mass is 9.85. The second-order valence-corrected chi connectivity index (χ2v) is 13.8. The number of Topliss-reactive ketones (excluding diaryl/α,β-unsaturated/α-hetero) is 1. The van der Waals surface area contributed by atoms with Crippen molar-refractivity contribution in [1.29, 1.82) is 0 Å². The summed E-state index contributed by atoms with van der Waals surface area (Å²) in [7, 11) is -8.19. The zero-order valence-corrected chi connectivity index (χ0v) is 25.2. The Labute approximate surface area is 234 Å². The van der Waals surface area contributed by atoms with Gasteiger partial charge in [-0.1, -0.05) is 0 Å². The van der Waals surface area contributed by atoms with Gasteiger partial charge in [0.2, 0.25) is 5.91 Å². The van der Waals surface area contributed by atoms with Crippen LogP contribution in [0.5, 0.6) is 0 Å². The molecule has 2 bridgehead atoms. The molecule has 40 heavy (non-hydrogen) atoms. The molecule has 3 heterocycles. The molecular formula is C24H43NO13P2. The fourth-order valence-corrected chi connectivity index (χ4v) is 7.61. The molecule has 0 saturated carbocycles. The lowest BCUT2D eigenvalue weighted by Gasteiger charge is -2.28. The molecule has 0 aromatic heterocycles. The summed E-state index contributed by atoms with van der Waals surface area (Å²) in [6.45, 7) is 4.36. The number of fused-ring (bicyclic) bond motifs is 3. The molecule has 0 aliphatic carbocycles. The summed E-state index contributed by atoms with van der Waals surface area (Å²) >= 11 is 0. The highest BCUT2D eigenvalue weighted by molar-refractivity contribution is 7.47. The van der Waals surface area contributed by atoms with Crippen LogP contribution in [0.2, 0.25) is 0 Å². The molecule has 16 heteroatoms. The van der Waals surface area contributed by atoms with Crippen LogP contribution in [0.25, 0.3) is 0 Å². The number of rotatable bonds is 6. The van der Waals surface area contributed by atoms with E-state index >= 15 is 0 Å². The normalized spacial score (nSPS) is 41.8. The number of carbonyl (C=O) groups is 2. The Kier molecular flexibility index (Phi) is 12.3. The second kappa shape index (κ2) is 14.6. The van der Waals surface area contributed by atoms with Gasteiger partial charge in [-0.05, 0) is 52.4 Å². The summed E-state index contributed by atoms with van der Waals surface area (Å²) in [5.41, 5.74) is 0. The second-order valence-electron chi connectivity index (χ2n) is 10.9. The van der Waals surface area contributed by atoms with E-state index < -0.39 is 71.4 Å². The molecule has 3 aliphatic heterocycles. The quantitative estimate of drug-likeness (QED) is 0.317. The van der Waals surface area contributed by atoms with Gasteiger partial charge in [-0.15, -0.1) is 0 Å². The van der Waals surface area contributed by atoms with Gasteiger partial charge >= 0.3 is 15.6 Å². The van der Waals surface area contributed by atoms with Crippen molar-refractivity contribution in [3.8, 4) is 0 Å². The molecule has 0 radical (unpaired) electrons.